The molecule has 0 saturated carbocycles. The molecule has 1 aliphatic rings. The van der Waals surface area contributed by atoms with Gasteiger partial charge in [0.05, 0.1) is 0 Å². The van der Waals surface area contributed by atoms with Crippen molar-refractivity contribution in [1.82, 2.24) is 0 Å². The average molecular weight is 204 g/mol. The van der Waals surface area contributed by atoms with Crippen molar-refractivity contribution in [2.75, 3.05) is 25.0 Å². The van der Waals surface area contributed by atoms with Crippen LogP contribution in [0.2, 0.25) is 0 Å². The molecule has 2 N–H and O–H groups in total. The van der Waals surface area contributed by atoms with Gasteiger partial charge in [-0.1, -0.05) is 18.2 Å². The van der Waals surface area contributed by atoms with E-state index in [9.17, 15) is 0 Å². The van der Waals surface area contributed by atoms with Crippen LogP contribution in [0.15, 0.2) is 18.2 Å². The second-order valence-corrected chi connectivity index (χ2v) is 4.52. The van der Waals surface area contributed by atoms with Crippen molar-refractivity contribution < 1.29 is 0 Å². The number of hydrogen-bond donors (Lipinski definition) is 1. The fourth-order valence-corrected chi connectivity index (χ4v) is 2.66. The molecule has 0 amide bonds. The minimum absolute atomic E-state index is 0.688. The van der Waals surface area contributed by atoms with Crippen LogP contribution in [-0.2, 0) is 0 Å². The molecule has 1 aliphatic heterocycles. The third-order valence-electron chi connectivity index (χ3n) is 3.34. The van der Waals surface area contributed by atoms with Crippen LogP contribution in [0.3, 0.4) is 0 Å². The molecule has 2 heteroatoms. The molecule has 0 radical (unpaired) electrons. The highest BCUT2D eigenvalue weighted by Gasteiger charge is 2.26. The molecule has 1 atom stereocenters. The lowest BCUT2D eigenvalue weighted by Gasteiger charge is -2.14. The van der Waals surface area contributed by atoms with Crippen LogP contribution in [0.1, 0.15) is 29.9 Å². The molecule has 0 aromatic heterocycles. The molecule has 2 rings (SSSR count). The van der Waals surface area contributed by atoms with Gasteiger partial charge >= 0.3 is 0 Å². The summed E-state index contributed by atoms with van der Waals surface area (Å²) in [6, 6.07) is 6.64. The number of rotatable bonds is 3. The summed E-state index contributed by atoms with van der Waals surface area (Å²) in [5.41, 5.74) is 9.93. The van der Waals surface area contributed by atoms with E-state index in [0.717, 1.165) is 19.5 Å². The number of likely N-dealkylation sites (N-methyl/N-ethyl adjacent to an activating group) is 1. The number of hydrogen-bond acceptors (Lipinski definition) is 2. The molecule has 0 aliphatic carbocycles. The number of nitrogens with two attached hydrogens (primary N) is 1. The fraction of sp³-hybridized carbons (Fsp3) is 0.538. The molecule has 0 saturated heterocycles. The number of fused-ring (bicyclic) bond motifs is 1. The zero-order chi connectivity index (χ0) is 10.8. The predicted molar refractivity (Wildman–Crippen MR) is 65.5 cm³/mol. The molecule has 15 heavy (non-hydrogen) atoms. The van der Waals surface area contributed by atoms with E-state index in [2.05, 4.69) is 37.1 Å². The Balaban J connectivity index is 2.26. The Morgan fingerprint density at radius 1 is 1.47 bits per heavy atom. The number of anilines is 1. The summed E-state index contributed by atoms with van der Waals surface area (Å²) in [4.78, 5) is 2.38. The van der Waals surface area contributed by atoms with Crippen molar-refractivity contribution in [3.05, 3.63) is 29.3 Å². The van der Waals surface area contributed by atoms with Crippen molar-refractivity contribution in [2.45, 2.75) is 25.7 Å². The summed E-state index contributed by atoms with van der Waals surface area (Å²) in [6.45, 7) is 4.15. The Kier molecular flexibility index (Phi) is 2.96. The summed E-state index contributed by atoms with van der Waals surface area (Å²) in [5, 5.41) is 0. The van der Waals surface area contributed by atoms with Crippen molar-refractivity contribution >= 4 is 5.69 Å². The summed E-state index contributed by atoms with van der Waals surface area (Å²) in [5.74, 6) is 0.688. The Morgan fingerprint density at radius 3 is 3.00 bits per heavy atom. The fourth-order valence-electron chi connectivity index (χ4n) is 2.66. The van der Waals surface area contributed by atoms with Crippen LogP contribution in [-0.4, -0.2) is 20.1 Å². The first-order valence-electron chi connectivity index (χ1n) is 5.74. The molecule has 2 nitrogen and oxygen atoms in total. The third-order valence-corrected chi connectivity index (χ3v) is 3.34. The van der Waals surface area contributed by atoms with Gasteiger partial charge in [-0.05, 0) is 37.4 Å². The van der Waals surface area contributed by atoms with Crippen molar-refractivity contribution in [3.8, 4) is 0 Å². The smallest absolute Gasteiger partial charge is 0.0429 e. The Hall–Kier alpha value is -1.02. The summed E-state index contributed by atoms with van der Waals surface area (Å²) >= 11 is 0. The minimum atomic E-state index is 0.688. The molecular weight excluding hydrogens is 184 g/mol. The third kappa shape index (κ3) is 1.86. The van der Waals surface area contributed by atoms with Crippen LogP contribution >= 0.6 is 0 Å². The van der Waals surface area contributed by atoms with E-state index in [1.165, 1.54) is 23.2 Å². The summed E-state index contributed by atoms with van der Waals surface area (Å²) in [7, 11) is 2.19. The number of benzene rings is 1. The van der Waals surface area contributed by atoms with E-state index in [-0.39, 0.29) is 0 Å². The maximum atomic E-state index is 5.58. The molecule has 1 heterocycles. The summed E-state index contributed by atoms with van der Waals surface area (Å²) in [6.07, 6.45) is 2.35. The Labute approximate surface area is 92.1 Å². The monoisotopic (exact) mass is 204 g/mol. The van der Waals surface area contributed by atoms with Gasteiger partial charge < -0.3 is 10.6 Å². The number of nitrogens with zero attached hydrogens (tertiary/aromatic N) is 1. The highest BCUT2D eigenvalue weighted by atomic mass is 15.1. The molecule has 82 valence electrons. The van der Waals surface area contributed by atoms with E-state index in [4.69, 9.17) is 5.73 Å². The van der Waals surface area contributed by atoms with Gasteiger partial charge in [-0.25, -0.2) is 0 Å². The van der Waals surface area contributed by atoms with E-state index in [1.54, 1.807) is 0 Å². The largest absolute Gasteiger partial charge is 0.374 e. The van der Waals surface area contributed by atoms with E-state index in [1.807, 2.05) is 0 Å². The molecule has 0 spiro atoms. The van der Waals surface area contributed by atoms with Gasteiger partial charge in [-0.3, -0.25) is 0 Å². The highest BCUT2D eigenvalue weighted by molar-refractivity contribution is 5.64. The minimum Gasteiger partial charge on any atom is -0.374 e. The van der Waals surface area contributed by atoms with Crippen LogP contribution in [0.25, 0.3) is 0 Å². The second-order valence-electron chi connectivity index (χ2n) is 4.52. The lowest BCUT2D eigenvalue weighted by Crippen LogP contribution is -2.16. The van der Waals surface area contributed by atoms with Gasteiger partial charge in [0.25, 0.3) is 0 Å². The normalized spacial score (nSPS) is 19.4. The molecule has 0 fully saturated rings. The van der Waals surface area contributed by atoms with Gasteiger partial charge in [0.1, 0.15) is 0 Å². The van der Waals surface area contributed by atoms with Gasteiger partial charge in [-0.2, -0.15) is 0 Å². The van der Waals surface area contributed by atoms with Gasteiger partial charge in [-0.15, -0.1) is 0 Å². The Bertz CT molecular complexity index is 346. The van der Waals surface area contributed by atoms with Crippen LogP contribution in [0.5, 0.6) is 0 Å². The highest BCUT2D eigenvalue weighted by Crippen LogP contribution is 2.39. The lowest BCUT2D eigenvalue weighted by molar-refractivity contribution is 0.621. The molecular formula is C13H20N2. The standard InChI is InChI=1S/C13H20N2/c1-10-5-3-7-12-11(6-4-8-14)9-15(2)13(10)12/h3,5,7,11H,4,6,8-9,14H2,1-2H3. The molecule has 1 unspecified atom stereocenters. The van der Waals surface area contributed by atoms with E-state index < -0.39 is 0 Å². The first-order chi connectivity index (χ1) is 7.24. The van der Waals surface area contributed by atoms with Crippen molar-refractivity contribution in [1.29, 1.82) is 0 Å². The summed E-state index contributed by atoms with van der Waals surface area (Å²) < 4.78 is 0. The average Bonchev–Trinajstić information content (AvgIpc) is 2.54. The molecule has 1 aromatic carbocycles. The topological polar surface area (TPSA) is 29.3 Å². The predicted octanol–water partition coefficient (Wildman–Crippen LogP) is 2.27. The van der Waals surface area contributed by atoms with E-state index in [0.29, 0.717) is 5.92 Å². The second kappa shape index (κ2) is 4.23. The molecule has 1 aromatic rings. The first kappa shape index (κ1) is 10.5. The van der Waals surface area contributed by atoms with Gasteiger partial charge in [0.15, 0.2) is 0 Å². The van der Waals surface area contributed by atoms with Crippen molar-refractivity contribution in [2.24, 2.45) is 5.73 Å². The van der Waals surface area contributed by atoms with Crippen molar-refractivity contribution in [3.63, 3.8) is 0 Å². The lowest BCUT2D eigenvalue weighted by atomic mass is 9.95. The number of para-hydroxylation sites is 1. The maximum absolute atomic E-state index is 5.58. The zero-order valence-corrected chi connectivity index (χ0v) is 9.66. The SMILES string of the molecule is Cc1cccc2c1N(C)CC2CCCN. The van der Waals surface area contributed by atoms with Crippen LogP contribution in [0, 0.1) is 6.92 Å². The maximum Gasteiger partial charge on any atom is 0.0429 e. The van der Waals surface area contributed by atoms with Crippen LogP contribution < -0.4 is 10.6 Å². The van der Waals surface area contributed by atoms with Crippen LogP contribution in [0.4, 0.5) is 5.69 Å². The van der Waals surface area contributed by atoms with Gasteiger partial charge in [0.2, 0.25) is 0 Å². The number of aryl methyl sites for hydroxylation is 1. The van der Waals surface area contributed by atoms with Gasteiger partial charge in [0, 0.05) is 25.2 Å². The Morgan fingerprint density at radius 2 is 2.27 bits per heavy atom. The molecule has 0 bridgehead atoms. The van der Waals surface area contributed by atoms with E-state index >= 15 is 0 Å². The first-order valence-corrected chi connectivity index (χ1v) is 5.74. The zero-order valence-electron chi connectivity index (χ0n) is 9.66. The quantitative estimate of drug-likeness (QED) is 0.818.